The van der Waals surface area contributed by atoms with Gasteiger partial charge in [-0.2, -0.15) is 0 Å². The molecule has 0 saturated carbocycles. The Labute approximate surface area is 175 Å². The van der Waals surface area contributed by atoms with E-state index in [2.05, 4.69) is 20.9 Å². The highest BCUT2D eigenvalue weighted by atomic mass is 16.5. The number of hydrogen-bond acceptors (Lipinski definition) is 5. The Hall–Kier alpha value is -3.87. The van der Waals surface area contributed by atoms with Crippen LogP contribution in [0.25, 0.3) is 0 Å². The predicted octanol–water partition coefficient (Wildman–Crippen LogP) is 4.82. The van der Waals surface area contributed by atoms with Crippen molar-refractivity contribution in [1.29, 1.82) is 0 Å². The molecule has 0 radical (unpaired) electrons. The minimum absolute atomic E-state index is 0.0628. The second-order valence-corrected chi connectivity index (χ2v) is 6.42. The van der Waals surface area contributed by atoms with Gasteiger partial charge in [0.2, 0.25) is 5.91 Å². The third-order valence-electron chi connectivity index (χ3n) is 4.23. The fourth-order valence-electron chi connectivity index (χ4n) is 2.71. The summed E-state index contributed by atoms with van der Waals surface area (Å²) in [6.07, 6.45) is 2.03. The van der Waals surface area contributed by atoms with Crippen molar-refractivity contribution in [1.82, 2.24) is 4.98 Å². The molecule has 3 N–H and O–H groups in total. The Balaban J connectivity index is 1.70. The number of anilines is 4. The van der Waals surface area contributed by atoms with Crippen molar-refractivity contribution in [3.8, 4) is 5.75 Å². The van der Waals surface area contributed by atoms with Crippen molar-refractivity contribution < 1.29 is 14.3 Å². The van der Waals surface area contributed by atoms with Crippen LogP contribution in [0.2, 0.25) is 0 Å². The molecular formula is C23H24N4O3. The number of hydrogen-bond donors (Lipinski definition) is 3. The highest BCUT2D eigenvalue weighted by Gasteiger charge is 2.13. The molecule has 2 amide bonds. The maximum Gasteiger partial charge on any atom is 0.259 e. The second-order valence-electron chi connectivity index (χ2n) is 6.42. The van der Waals surface area contributed by atoms with Gasteiger partial charge in [-0.15, -0.1) is 0 Å². The van der Waals surface area contributed by atoms with Crippen LogP contribution in [-0.4, -0.2) is 23.4 Å². The smallest absolute Gasteiger partial charge is 0.259 e. The van der Waals surface area contributed by atoms with Crippen LogP contribution in [0.3, 0.4) is 0 Å². The Morgan fingerprint density at radius 3 is 2.13 bits per heavy atom. The molecule has 0 aliphatic rings. The van der Waals surface area contributed by atoms with Crippen LogP contribution in [0.15, 0.2) is 66.9 Å². The third kappa shape index (κ3) is 5.57. The lowest BCUT2D eigenvalue weighted by Gasteiger charge is -2.12. The molecule has 0 saturated heterocycles. The van der Waals surface area contributed by atoms with Gasteiger partial charge in [-0.3, -0.25) is 9.59 Å². The summed E-state index contributed by atoms with van der Waals surface area (Å²) in [5.74, 6) is 0.876. The molecule has 2 aromatic carbocycles. The molecule has 7 heteroatoms. The molecular weight excluding hydrogens is 380 g/mol. The third-order valence-corrected chi connectivity index (χ3v) is 4.23. The van der Waals surface area contributed by atoms with Gasteiger partial charge in [-0.05, 0) is 67.6 Å². The predicted molar refractivity (Wildman–Crippen MR) is 118 cm³/mol. The first-order chi connectivity index (χ1) is 14.6. The van der Waals surface area contributed by atoms with Crippen LogP contribution >= 0.6 is 0 Å². The van der Waals surface area contributed by atoms with Crippen LogP contribution in [0.1, 0.15) is 30.6 Å². The number of nitrogens with zero attached hydrogens (tertiary/aromatic N) is 1. The topological polar surface area (TPSA) is 92.3 Å². The number of aromatic nitrogens is 1. The van der Waals surface area contributed by atoms with Crippen molar-refractivity contribution in [2.75, 3.05) is 22.6 Å². The zero-order chi connectivity index (χ0) is 21.3. The van der Waals surface area contributed by atoms with Crippen LogP contribution in [0.5, 0.6) is 5.75 Å². The zero-order valence-electron chi connectivity index (χ0n) is 16.9. The molecule has 154 valence electrons. The number of rotatable bonds is 8. The molecule has 1 heterocycles. The summed E-state index contributed by atoms with van der Waals surface area (Å²) >= 11 is 0. The van der Waals surface area contributed by atoms with Crippen molar-refractivity contribution in [3.63, 3.8) is 0 Å². The Bertz CT molecular complexity index is 1000. The van der Waals surface area contributed by atoms with Gasteiger partial charge in [0.05, 0.1) is 12.2 Å². The van der Waals surface area contributed by atoms with Gasteiger partial charge < -0.3 is 20.7 Å². The van der Waals surface area contributed by atoms with E-state index in [-0.39, 0.29) is 11.8 Å². The van der Waals surface area contributed by atoms with Gasteiger partial charge >= 0.3 is 0 Å². The number of amides is 2. The number of benzene rings is 2. The Morgan fingerprint density at radius 2 is 1.50 bits per heavy atom. The van der Waals surface area contributed by atoms with E-state index in [4.69, 9.17) is 4.74 Å². The maximum absolute atomic E-state index is 12.8. The number of carbonyl (C=O) groups is 2. The van der Waals surface area contributed by atoms with E-state index in [0.717, 1.165) is 11.4 Å². The fraction of sp³-hybridized carbons (Fsp3) is 0.174. The molecule has 30 heavy (non-hydrogen) atoms. The molecule has 0 aliphatic carbocycles. The average molecular weight is 404 g/mol. The minimum Gasteiger partial charge on any atom is -0.494 e. The lowest BCUT2D eigenvalue weighted by Crippen LogP contribution is -2.15. The van der Waals surface area contributed by atoms with E-state index in [1.165, 1.54) is 0 Å². The molecule has 0 bridgehead atoms. The van der Waals surface area contributed by atoms with Crippen molar-refractivity contribution in [3.05, 3.63) is 72.4 Å². The molecule has 7 nitrogen and oxygen atoms in total. The van der Waals surface area contributed by atoms with Crippen LogP contribution in [0, 0.1) is 0 Å². The van der Waals surface area contributed by atoms with Gasteiger partial charge in [0.25, 0.3) is 5.91 Å². The number of ether oxygens (including phenoxy) is 1. The summed E-state index contributed by atoms with van der Waals surface area (Å²) in [6, 6.07) is 17.8. The molecule has 0 unspecified atom stereocenters. The summed E-state index contributed by atoms with van der Waals surface area (Å²) in [4.78, 5) is 28.6. The lowest BCUT2D eigenvalue weighted by molar-refractivity contribution is -0.115. The summed E-state index contributed by atoms with van der Waals surface area (Å²) in [5.41, 5.74) is 2.50. The average Bonchev–Trinajstić information content (AvgIpc) is 2.77. The SMILES string of the molecule is CCOc1ccc(Nc2ncccc2C(=O)Nc2ccc(NC(=O)CC)cc2)cc1. The number of carbonyl (C=O) groups excluding carboxylic acids is 2. The summed E-state index contributed by atoms with van der Waals surface area (Å²) in [6.45, 7) is 4.32. The standard InChI is InChI=1S/C23H24N4O3/c1-3-21(28)25-16-7-9-18(10-8-16)27-23(29)20-6-5-15-24-22(20)26-17-11-13-19(14-12-17)30-4-2/h5-15H,3-4H2,1-2H3,(H,24,26)(H,25,28)(H,27,29). The van der Waals surface area contributed by atoms with Crippen LogP contribution < -0.4 is 20.7 Å². The fourth-order valence-corrected chi connectivity index (χ4v) is 2.71. The summed E-state index contributed by atoms with van der Waals surface area (Å²) in [5, 5.41) is 8.80. The zero-order valence-corrected chi connectivity index (χ0v) is 16.9. The summed E-state index contributed by atoms with van der Waals surface area (Å²) in [7, 11) is 0. The second kappa shape index (κ2) is 10.1. The van der Waals surface area contributed by atoms with Gasteiger partial charge in [0.15, 0.2) is 0 Å². The van der Waals surface area contributed by atoms with E-state index in [1.807, 2.05) is 31.2 Å². The van der Waals surface area contributed by atoms with E-state index in [0.29, 0.717) is 35.8 Å². The first kappa shape index (κ1) is 20.9. The number of nitrogens with one attached hydrogen (secondary N) is 3. The first-order valence-corrected chi connectivity index (χ1v) is 9.75. The van der Waals surface area contributed by atoms with Crippen molar-refractivity contribution in [2.45, 2.75) is 20.3 Å². The molecule has 0 fully saturated rings. The quantitative estimate of drug-likeness (QED) is 0.500. The molecule has 0 spiro atoms. The van der Waals surface area contributed by atoms with Gasteiger partial charge in [-0.25, -0.2) is 4.98 Å². The molecule has 1 aromatic heterocycles. The highest BCUT2D eigenvalue weighted by molar-refractivity contribution is 6.07. The van der Waals surface area contributed by atoms with E-state index >= 15 is 0 Å². The number of pyridine rings is 1. The van der Waals surface area contributed by atoms with Crippen LogP contribution in [-0.2, 0) is 4.79 Å². The van der Waals surface area contributed by atoms with Gasteiger partial charge in [0, 0.05) is 29.7 Å². The highest BCUT2D eigenvalue weighted by Crippen LogP contribution is 2.22. The largest absolute Gasteiger partial charge is 0.494 e. The van der Waals surface area contributed by atoms with E-state index < -0.39 is 0 Å². The maximum atomic E-state index is 12.8. The minimum atomic E-state index is -0.290. The summed E-state index contributed by atoms with van der Waals surface area (Å²) < 4.78 is 5.44. The van der Waals surface area contributed by atoms with Crippen LogP contribution in [0.4, 0.5) is 22.9 Å². The Morgan fingerprint density at radius 1 is 0.867 bits per heavy atom. The molecule has 0 aliphatic heterocycles. The monoisotopic (exact) mass is 404 g/mol. The van der Waals surface area contributed by atoms with E-state index in [9.17, 15) is 9.59 Å². The van der Waals surface area contributed by atoms with E-state index in [1.54, 1.807) is 49.5 Å². The van der Waals surface area contributed by atoms with Crippen molar-refractivity contribution >= 4 is 34.7 Å². The first-order valence-electron chi connectivity index (χ1n) is 9.75. The molecule has 0 atom stereocenters. The molecule has 3 rings (SSSR count). The lowest BCUT2D eigenvalue weighted by atomic mass is 10.2. The molecule has 3 aromatic rings. The van der Waals surface area contributed by atoms with Gasteiger partial charge in [-0.1, -0.05) is 6.92 Å². The normalized spacial score (nSPS) is 10.2. The van der Waals surface area contributed by atoms with Gasteiger partial charge in [0.1, 0.15) is 11.6 Å². The Kier molecular flexibility index (Phi) is 7.00. The van der Waals surface area contributed by atoms with Crippen molar-refractivity contribution in [2.24, 2.45) is 0 Å².